The zero-order valence-electron chi connectivity index (χ0n) is 14.1. The fourth-order valence-electron chi connectivity index (χ4n) is 2.03. The van der Waals surface area contributed by atoms with Crippen molar-refractivity contribution in [1.29, 1.82) is 0 Å². The third-order valence-corrected chi connectivity index (χ3v) is 3.61. The zero-order valence-corrected chi connectivity index (χ0v) is 15.7. The summed E-state index contributed by atoms with van der Waals surface area (Å²) in [6.07, 6.45) is 2.87. The Morgan fingerprint density at radius 1 is 1.42 bits per heavy atom. The van der Waals surface area contributed by atoms with E-state index in [1.54, 1.807) is 19.4 Å². The average Bonchev–Trinajstić information content (AvgIpc) is 2.88. The molecular weight excluding hydrogens is 376 g/mol. The number of carbonyl (C=O) groups excluding carboxylic acids is 2. The van der Waals surface area contributed by atoms with E-state index in [-0.39, 0.29) is 5.91 Å². The van der Waals surface area contributed by atoms with Gasteiger partial charge in [-0.15, -0.1) is 0 Å². The van der Waals surface area contributed by atoms with Crippen LogP contribution in [0.1, 0.15) is 31.1 Å². The lowest BCUT2D eigenvalue weighted by molar-refractivity contribution is 0.0299. The minimum Gasteiger partial charge on any atom is -0.444 e. The van der Waals surface area contributed by atoms with Crippen LogP contribution >= 0.6 is 15.9 Å². The molecule has 24 heavy (non-hydrogen) atoms. The van der Waals surface area contributed by atoms with Crippen LogP contribution in [0.4, 0.5) is 4.79 Å². The predicted molar refractivity (Wildman–Crippen MR) is 95.0 cm³/mol. The third kappa shape index (κ3) is 4.70. The van der Waals surface area contributed by atoms with Crippen molar-refractivity contribution in [2.24, 2.45) is 0 Å². The van der Waals surface area contributed by atoms with Gasteiger partial charge < -0.3 is 19.9 Å². The molecule has 2 N–H and O–H groups in total. The zero-order chi connectivity index (χ0) is 17.9. The lowest BCUT2D eigenvalue weighted by Crippen LogP contribution is -2.39. The lowest BCUT2D eigenvalue weighted by atomic mass is 10.2. The third-order valence-electron chi connectivity index (χ3n) is 3.18. The van der Waals surface area contributed by atoms with Crippen LogP contribution in [0.25, 0.3) is 11.0 Å². The minimum absolute atomic E-state index is 0.223. The molecule has 2 amide bonds. The SMILES string of the molecule is CN(CCNC(=O)c1c[nH]c2ncc(Br)cc12)C(=O)OC(C)(C)C. The molecule has 2 heterocycles. The molecule has 0 fully saturated rings. The molecule has 0 saturated carbocycles. The molecule has 0 spiro atoms. The number of fused-ring (bicyclic) bond motifs is 1. The molecule has 0 bridgehead atoms. The van der Waals surface area contributed by atoms with E-state index in [9.17, 15) is 9.59 Å². The van der Waals surface area contributed by atoms with Gasteiger partial charge >= 0.3 is 6.09 Å². The number of rotatable bonds is 4. The summed E-state index contributed by atoms with van der Waals surface area (Å²) >= 11 is 3.35. The van der Waals surface area contributed by atoms with E-state index in [4.69, 9.17) is 4.74 Å². The molecule has 0 saturated heterocycles. The minimum atomic E-state index is -0.543. The molecule has 0 unspecified atom stereocenters. The molecule has 0 aliphatic rings. The average molecular weight is 397 g/mol. The lowest BCUT2D eigenvalue weighted by Gasteiger charge is -2.24. The highest BCUT2D eigenvalue weighted by Gasteiger charge is 2.19. The highest BCUT2D eigenvalue weighted by Crippen LogP contribution is 2.20. The number of pyridine rings is 1. The molecule has 2 aromatic heterocycles. The van der Waals surface area contributed by atoms with Gasteiger partial charge in [0.15, 0.2) is 0 Å². The topological polar surface area (TPSA) is 87.3 Å². The van der Waals surface area contributed by atoms with Gasteiger partial charge in [0.2, 0.25) is 0 Å². The summed E-state index contributed by atoms with van der Waals surface area (Å²) in [6, 6.07) is 1.83. The Morgan fingerprint density at radius 2 is 2.12 bits per heavy atom. The van der Waals surface area contributed by atoms with Crippen molar-refractivity contribution >= 4 is 39.0 Å². The van der Waals surface area contributed by atoms with E-state index in [0.29, 0.717) is 24.3 Å². The Hall–Kier alpha value is -2.09. The molecule has 2 rings (SSSR count). The second kappa shape index (κ2) is 7.21. The first-order valence-electron chi connectivity index (χ1n) is 7.52. The van der Waals surface area contributed by atoms with E-state index in [1.165, 1.54) is 4.90 Å². The Kier molecular flexibility index (Phi) is 5.48. The standard InChI is InChI=1S/C16H21BrN4O3/c1-16(2,3)24-15(23)21(4)6-5-18-14(22)12-9-20-13-11(12)7-10(17)8-19-13/h7-9H,5-6H2,1-4H3,(H,18,22)(H,19,20). The Balaban J connectivity index is 1.91. The summed E-state index contributed by atoms with van der Waals surface area (Å²) in [6.45, 7) is 6.10. The Morgan fingerprint density at radius 3 is 2.79 bits per heavy atom. The fraction of sp³-hybridized carbons (Fsp3) is 0.438. The maximum atomic E-state index is 12.3. The van der Waals surface area contributed by atoms with E-state index < -0.39 is 11.7 Å². The maximum absolute atomic E-state index is 12.3. The van der Waals surface area contributed by atoms with Crippen molar-refractivity contribution in [2.75, 3.05) is 20.1 Å². The van der Waals surface area contributed by atoms with Gasteiger partial charge in [-0.25, -0.2) is 9.78 Å². The first-order valence-corrected chi connectivity index (χ1v) is 8.31. The Labute approximate surface area is 148 Å². The van der Waals surface area contributed by atoms with Crippen molar-refractivity contribution in [1.82, 2.24) is 20.2 Å². The normalized spacial score (nSPS) is 11.4. The van der Waals surface area contributed by atoms with Crippen LogP contribution in [0.15, 0.2) is 22.9 Å². The number of hydrogen-bond acceptors (Lipinski definition) is 4. The molecule has 0 aliphatic heterocycles. The Bertz CT molecular complexity index is 751. The molecule has 0 aliphatic carbocycles. The first-order chi connectivity index (χ1) is 11.2. The van der Waals surface area contributed by atoms with Gasteiger partial charge in [0.05, 0.1) is 5.56 Å². The number of carbonyl (C=O) groups is 2. The van der Waals surface area contributed by atoms with Crippen LogP contribution in [0.5, 0.6) is 0 Å². The van der Waals surface area contributed by atoms with Gasteiger partial charge in [0, 0.05) is 42.4 Å². The number of halogens is 1. The molecule has 0 aromatic carbocycles. The fourth-order valence-corrected chi connectivity index (χ4v) is 2.36. The quantitative estimate of drug-likeness (QED) is 0.831. The summed E-state index contributed by atoms with van der Waals surface area (Å²) in [5.74, 6) is -0.223. The number of hydrogen-bond donors (Lipinski definition) is 2. The van der Waals surface area contributed by atoms with Crippen molar-refractivity contribution < 1.29 is 14.3 Å². The van der Waals surface area contributed by atoms with Crippen LogP contribution in [0, 0.1) is 0 Å². The van der Waals surface area contributed by atoms with Gasteiger partial charge in [-0.1, -0.05) is 0 Å². The van der Waals surface area contributed by atoms with Crippen LogP contribution in [0.3, 0.4) is 0 Å². The van der Waals surface area contributed by atoms with E-state index in [2.05, 4.69) is 31.2 Å². The number of ether oxygens (including phenoxy) is 1. The summed E-state index contributed by atoms with van der Waals surface area (Å²) in [4.78, 5) is 32.7. The van der Waals surface area contributed by atoms with E-state index in [0.717, 1.165) is 9.86 Å². The van der Waals surface area contributed by atoms with Gasteiger partial charge in [-0.05, 0) is 42.8 Å². The van der Waals surface area contributed by atoms with Crippen LogP contribution < -0.4 is 5.32 Å². The van der Waals surface area contributed by atoms with Crippen LogP contribution in [-0.4, -0.2) is 52.6 Å². The highest BCUT2D eigenvalue weighted by molar-refractivity contribution is 9.10. The van der Waals surface area contributed by atoms with Gasteiger partial charge in [0.25, 0.3) is 5.91 Å². The number of aromatic nitrogens is 2. The number of nitrogens with one attached hydrogen (secondary N) is 2. The highest BCUT2D eigenvalue weighted by atomic mass is 79.9. The maximum Gasteiger partial charge on any atom is 0.410 e. The summed E-state index contributed by atoms with van der Waals surface area (Å²) in [5.41, 5.74) is 0.617. The van der Waals surface area contributed by atoms with Crippen molar-refractivity contribution in [3.8, 4) is 0 Å². The number of H-pyrrole nitrogens is 1. The molecular formula is C16H21BrN4O3. The molecule has 7 nitrogen and oxygen atoms in total. The summed E-state index contributed by atoms with van der Waals surface area (Å²) < 4.78 is 6.06. The van der Waals surface area contributed by atoms with Gasteiger partial charge in [-0.2, -0.15) is 0 Å². The molecule has 0 atom stereocenters. The monoisotopic (exact) mass is 396 g/mol. The van der Waals surface area contributed by atoms with Crippen molar-refractivity contribution in [2.45, 2.75) is 26.4 Å². The first kappa shape index (κ1) is 18.3. The molecule has 130 valence electrons. The number of nitrogens with zero attached hydrogens (tertiary/aromatic N) is 2. The molecule has 8 heteroatoms. The van der Waals surface area contributed by atoms with E-state index >= 15 is 0 Å². The number of aromatic amines is 1. The number of amides is 2. The largest absolute Gasteiger partial charge is 0.444 e. The summed E-state index contributed by atoms with van der Waals surface area (Å²) in [5, 5.41) is 3.53. The summed E-state index contributed by atoms with van der Waals surface area (Å²) in [7, 11) is 1.63. The molecule has 0 radical (unpaired) electrons. The van der Waals surface area contributed by atoms with Crippen LogP contribution in [0.2, 0.25) is 0 Å². The van der Waals surface area contributed by atoms with E-state index in [1.807, 2.05) is 26.8 Å². The van der Waals surface area contributed by atoms with Crippen LogP contribution in [-0.2, 0) is 4.74 Å². The smallest absolute Gasteiger partial charge is 0.410 e. The number of likely N-dealkylation sites (N-methyl/N-ethyl adjacent to an activating group) is 1. The van der Waals surface area contributed by atoms with Gasteiger partial charge in [0.1, 0.15) is 11.2 Å². The van der Waals surface area contributed by atoms with Gasteiger partial charge in [-0.3, -0.25) is 4.79 Å². The predicted octanol–water partition coefficient (Wildman–Crippen LogP) is 2.92. The molecule has 2 aromatic rings. The van der Waals surface area contributed by atoms with Crippen molar-refractivity contribution in [3.05, 3.63) is 28.5 Å². The second-order valence-electron chi connectivity index (χ2n) is 6.41. The van der Waals surface area contributed by atoms with Crippen molar-refractivity contribution in [3.63, 3.8) is 0 Å². The second-order valence-corrected chi connectivity index (χ2v) is 7.33.